The lowest BCUT2D eigenvalue weighted by Gasteiger charge is -2.17. The number of para-hydroxylation sites is 1. The summed E-state index contributed by atoms with van der Waals surface area (Å²) in [5.41, 5.74) is 0.691. The van der Waals surface area contributed by atoms with Gasteiger partial charge < -0.3 is 28.4 Å². The smallest absolute Gasteiger partial charge is 0.343 e. The molecule has 6 rings (SSSR count). The minimum absolute atomic E-state index is 0.0362. The maximum atomic E-state index is 13.7. The van der Waals surface area contributed by atoms with E-state index >= 15 is 0 Å². The van der Waals surface area contributed by atoms with Crippen molar-refractivity contribution in [3.05, 3.63) is 150 Å². The highest BCUT2D eigenvalue weighted by molar-refractivity contribution is 6.25. The highest BCUT2D eigenvalue weighted by Gasteiger charge is 2.53. The molecule has 13 nitrogen and oxygen atoms in total. The summed E-state index contributed by atoms with van der Waals surface area (Å²) in [5.74, 6) is -3.56. The summed E-state index contributed by atoms with van der Waals surface area (Å²) in [4.78, 5) is 80.7. The molecule has 0 saturated carbocycles. The molecule has 0 N–H and O–H groups in total. The number of amides is 2. The molecular formula is C50H49NO12. The average Bonchev–Trinajstić information content (AvgIpc) is 3.53. The topological polar surface area (TPSA) is 161 Å². The van der Waals surface area contributed by atoms with E-state index in [-0.39, 0.29) is 28.3 Å². The summed E-state index contributed by atoms with van der Waals surface area (Å²) >= 11 is 0. The van der Waals surface area contributed by atoms with E-state index < -0.39 is 47.9 Å². The predicted octanol–water partition coefficient (Wildman–Crippen LogP) is 9.37. The Labute approximate surface area is 365 Å². The van der Waals surface area contributed by atoms with E-state index in [0.717, 1.165) is 56.3 Å². The van der Waals surface area contributed by atoms with Crippen molar-refractivity contribution in [2.75, 3.05) is 18.1 Å². The quantitative estimate of drug-likeness (QED) is 0.0298. The molecule has 1 heterocycles. The number of rotatable bonds is 21. The van der Waals surface area contributed by atoms with E-state index in [1.54, 1.807) is 66.7 Å². The van der Waals surface area contributed by atoms with Gasteiger partial charge >= 0.3 is 23.9 Å². The summed E-state index contributed by atoms with van der Waals surface area (Å²) < 4.78 is 33.6. The van der Waals surface area contributed by atoms with Gasteiger partial charge in [0.15, 0.2) is 0 Å². The third kappa shape index (κ3) is 12.4. The van der Waals surface area contributed by atoms with Crippen LogP contribution in [0.1, 0.15) is 107 Å². The molecule has 0 aliphatic carbocycles. The highest BCUT2D eigenvalue weighted by atomic mass is 16.6. The summed E-state index contributed by atoms with van der Waals surface area (Å²) in [5, 5.41) is 0. The van der Waals surface area contributed by atoms with Crippen molar-refractivity contribution < 1.29 is 57.2 Å². The Bertz CT molecular complexity index is 2180. The second-order valence-corrected chi connectivity index (χ2v) is 14.7. The van der Waals surface area contributed by atoms with Gasteiger partial charge in [-0.3, -0.25) is 9.59 Å². The summed E-state index contributed by atoms with van der Waals surface area (Å²) in [7, 11) is 0. The van der Waals surface area contributed by atoms with Crippen LogP contribution >= 0.6 is 0 Å². The summed E-state index contributed by atoms with van der Waals surface area (Å²) in [6.45, 7) is 5.46. The zero-order valence-corrected chi connectivity index (χ0v) is 35.2. The van der Waals surface area contributed by atoms with Gasteiger partial charge in [0.1, 0.15) is 23.0 Å². The molecule has 5 aromatic carbocycles. The Morgan fingerprint density at radius 1 is 0.429 bits per heavy atom. The molecular weight excluding hydrogens is 807 g/mol. The van der Waals surface area contributed by atoms with Crippen LogP contribution in [0.2, 0.25) is 0 Å². The third-order valence-corrected chi connectivity index (χ3v) is 10.00. The number of hydrogen-bond acceptors (Lipinski definition) is 12. The number of hydrogen-bond donors (Lipinski definition) is 0. The Morgan fingerprint density at radius 2 is 0.778 bits per heavy atom. The van der Waals surface area contributed by atoms with Gasteiger partial charge in [0.2, 0.25) is 12.2 Å². The fourth-order valence-corrected chi connectivity index (χ4v) is 6.51. The second kappa shape index (κ2) is 22.5. The van der Waals surface area contributed by atoms with E-state index in [0.29, 0.717) is 35.8 Å². The molecule has 5 aromatic rings. The van der Waals surface area contributed by atoms with Crippen molar-refractivity contribution in [1.29, 1.82) is 0 Å². The molecule has 63 heavy (non-hydrogen) atoms. The molecule has 0 aromatic heterocycles. The van der Waals surface area contributed by atoms with Crippen molar-refractivity contribution in [2.24, 2.45) is 0 Å². The Morgan fingerprint density at radius 3 is 1.14 bits per heavy atom. The van der Waals surface area contributed by atoms with E-state index in [4.69, 9.17) is 28.4 Å². The van der Waals surface area contributed by atoms with E-state index in [1.807, 2.05) is 0 Å². The second-order valence-electron chi connectivity index (χ2n) is 14.7. The molecule has 13 heteroatoms. The SMILES string of the molecule is CCCCCCOc1ccc(C(=O)Oc2ccc(C(=O)O[C@H]3C(=O)N(c4ccccc4)C(=O)[C@@H]3OC(=O)c3ccc(OC(=O)c4ccc(OCCCCCC)cc4)cc3)cc2)cc1. The van der Waals surface area contributed by atoms with Crippen LogP contribution in [0.15, 0.2) is 127 Å². The number of benzene rings is 5. The van der Waals surface area contributed by atoms with Crippen LogP contribution in [0.5, 0.6) is 23.0 Å². The van der Waals surface area contributed by atoms with Crippen molar-refractivity contribution in [2.45, 2.75) is 77.4 Å². The van der Waals surface area contributed by atoms with Gasteiger partial charge in [-0.1, -0.05) is 70.6 Å². The lowest BCUT2D eigenvalue weighted by atomic mass is 10.2. The first-order chi connectivity index (χ1) is 30.6. The average molecular weight is 856 g/mol. The number of imide groups is 1. The van der Waals surface area contributed by atoms with Gasteiger partial charge in [-0.2, -0.15) is 0 Å². The van der Waals surface area contributed by atoms with Crippen LogP contribution in [0.25, 0.3) is 0 Å². The maximum Gasteiger partial charge on any atom is 0.343 e. The number of carbonyl (C=O) groups excluding carboxylic acids is 6. The van der Waals surface area contributed by atoms with Crippen molar-refractivity contribution in [3.8, 4) is 23.0 Å². The van der Waals surface area contributed by atoms with E-state index in [2.05, 4.69) is 13.8 Å². The van der Waals surface area contributed by atoms with Crippen LogP contribution in [-0.4, -0.2) is 61.1 Å². The number of anilines is 1. The van der Waals surface area contributed by atoms with Crippen LogP contribution < -0.4 is 23.8 Å². The van der Waals surface area contributed by atoms with Crippen LogP contribution in [0.3, 0.4) is 0 Å². The van der Waals surface area contributed by atoms with Gasteiger partial charge in [0.25, 0.3) is 11.8 Å². The lowest BCUT2D eigenvalue weighted by Crippen LogP contribution is -2.37. The molecule has 0 bridgehead atoms. The Kier molecular flexibility index (Phi) is 16.2. The molecule has 326 valence electrons. The first kappa shape index (κ1) is 45.3. The minimum Gasteiger partial charge on any atom is -0.494 e. The zero-order chi connectivity index (χ0) is 44.6. The minimum atomic E-state index is -1.84. The summed E-state index contributed by atoms with van der Waals surface area (Å²) in [6, 6.07) is 31.9. The lowest BCUT2D eigenvalue weighted by molar-refractivity contribution is -0.130. The van der Waals surface area contributed by atoms with Crippen molar-refractivity contribution in [3.63, 3.8) is 0 Å². The molecule has 1 saturated heterocycles. The van der Waals surface area contributed by atoms with Crippen LogP contribution in [0, 0.1) is 0 Å². The first-order valence-electron chi connectivity index (χ1n) is 21.1. The van der Waals surface area contributed by atoms with Gasteiger partial charge in [-0.05, 0) is 122 Å². The van der Waals surface area contributed by atoms with Gasteiger partial charge in [0.05, 0.1) is 41.2 Å². The van der Waals surface area contributed by atoms with Gasteiger partial charge in [0, 0.05) is 0 Å². The zero-order valence-electron chi connectivity index (χ0n) is 35.2. The van der Waals surface area contributed by atoms with Gasteiger partial charge in [-0.25, -0.2) is 24.1 Å². The van der Waals surface area contributed by atoms with Crippen LogP contribution in [-0.2, 0) is 19.1 Å². The summed E-state index contributed by atoms with van der Waals surface area (Å²) in [6.07, 6.45) is 4.96. The number of esters is 4. The molecule has 2 atom stereocenters. The first-order valence-corrected chi connectivity index (χ1v) is 21.1. The van der Waals surface area contributed by atoms with Crippen LogP contribution in [0.4, 0.5) is 5.69 Å². The number of ether oxygens (including phenoxy) is 6. The van der Waals surface area contributed by atoms with E-state index in [1.165, 1.54) is 60.7 Å². The van der Waals surface area contributed by atoms with Crippen molar-refractivity contribution >= 4 is 41.4 Å². The third-order valence-electron chi connectivity index (χ3n) is 10.00. The highest BCUT2D eigenvalue weighted by Crippen LogP contribution is 2.29. The number of unbranched alkanes of at least 4 members (excludes halogenated alkanes) is 6. The Balaban J connectivity index is 1.06. The standard InChI is InChI=1S/C50H49NO12/c1-3-5-7-12-32-58-39-24-16-34(17-25-39)47(54)60-41-28-20-36(21-29-41)49(56)62-43-44(46(53)51(45(43)52)38-14-10-9-11-15-38)63-50(57)37-22-30-42(31-23-37)61-48(55)35-18-26-40(27-19-35)59-33-13-8-6-4-2/h9-11,14-31,43-44H,3-8,12-13,32-33H2,1-2H3/t43-,44-/m1/s1. The van der Waals surface area contributed by atoms with Gasteiger partial charge in [-0.15, -0.1) is 0 Å². The molecule has 1 aliphatic heterocycles. The van der Waals surface area contributed by atoms with Crippen molar-refractivity contribution in [1.82, 2.24) is 0 Å². The molecule has 2 amide bonds. The molecule has 1 fully saturated rings. The number of carbonyl (C=O) groups is 6. The monoisotopic (exact) mass is 855 g/mol. The maximum absolute atomic E-state index is 13.7. The molecule has 0 spiro atoms. The fourth-order valence-electron chi connectivity index (χ4n) is 6.51. The molecule has 0 unspecified atom stereocenters. The molecule has 0 radical (unpaired) electrons. The number of nitrogens with zero attached hydrogens (tertiary/aromatic N) is 1. The van der Waals surface area contributed by atoms with E-state index in [9.17, 15) is 28.8 Å². The normalized spacial score (nSPS) is 14.5. The fraction of sp³-hybridized carbons (Fsp3) is 0.280. The molecule has 1 aliphatic rings. The largest absolute Gasteiger partial charge is 0.494 e. The Hall–Kier alpha value is -7.28. The predicted molar refractivity (Wildman–Crippen MR) is 232 cm³/mol.